The largest absolute Gasteiger partial charge is 0.335 e. The molecule has 0 aromatic rings. The van der Waals surface area contributed by atoms with Crippen molar-refractivity contribution < 1.29 is 9.59 Å². The van der Waals surface area contributed by atoms with Crippen molar-refractivity contribution in [3.8, 4) is 0 Å². The van der Waals surface area contributed by atoms with Crippen LogP contribution in [0.3, 0.4) is 0 Å². The standard InChI is InChI=1S/C12H19NO2/c1-9-3-2-4-10(5-9)7-13-8-11(14)6-12(13)15/h9-10H,2-8H2,1H3. The van der Waals surface area contributed by atoms with E-state index in [1.165, 1.54) is 25.7 Å². The van der Waals surface area contributed by atoms with Crippen LogP contribution in [0.1, 0.15) is 39.0 Å². The summed E-state index contributed by atoms with van der Waals surface area (Å²) in [5, 5.41) is 0. The van der Waals surface area contributed by atoms with E-state index in [9.17, 15) is 9.59 Å². The molecule has 1 aliphatic heterocycles. The summed E-state index contributed by atoms with van der Waals surface area (Å²) in [5.41, 5.74) is 0. The lowest BCUT2D eigenvalue weighted by Crippen LogP contribution is -2.33. The second-order valence-corrected chi connectivity index (χ2v) is 5.13. The minimum atomic E-state index is 0.0400. The maximum Gasteiger partial charge on any atom is 0.230 e. The fraction of sp³-hybridized carbons (Fsp3) is 0.833. The van der Waals surface area contributed by atoms with Crippen LogP contribution in [0.2, 0.25) is 0 Å². The first-order valence-corrected chi connectivity index (χ1v) is 5.94. The molecule has 84 valence electrons. The SMILES string of the molecule is CC1CCCC(CN2CC(=O)CC2=O)C1. The van der Waals surface area contributed by atoms with Crippen molar-refractivity contribution in [2.45, 2.75) is 39.0 Å². The number of rotatable bonds is 2. The molecule has 0 bridgehead atoms. The lowest BCUT2D eigenvalue weighted by Gasteiger charge is -2.29. The van der Waals surface area contributed by atoms with Gasteiger partial charge in [-0.25, -0.2) is 0 Å². The minimum absolute atomic E-state index is 0.0400. The van der Waals surface area contributed by atoms with Crippen LogP contribution in [0.5, 0.6) is 0 Å². The molecule has 2 rings (SSSR count). The summed E-state index contributed by atoms with van der Waals surface area (Å²) in [6.45, 7) is 3.46. The highest BCUT2D eigenvalue weighted by Gasteiger charge is 2.30. The second-order valence-electron chi connectivity index (χ2n) is 5.13. The van der Waals surface area contributed by atoms with E-state index in [0.717, 1.165) is 12.5 Å². The van der Waals surface area contributed by atoms with Crippen LogP contribution < -0.4 is 0 Å². The van der Waals surface area contributed by atoms with Gasteiger partial charge in [0.2, 0.25) is 5.91 Å². The molecule has 1 aliphatic carbocycles. The summed E-state index contributed by atoms with van der Waals surface area (Å²) in [7, 11) is 0. The highest BCUT2D eigenvalue weighted by atomic mass is 16.2. The summed E-state index contributed by atoms with van der Waals surface area (Å²) >= 11 is 0. The van der Waals surface area contributed by atoms with Gasteiger partial charge >= 0.3 is 0 Å². The zero-order valence-corrected chi connectivity index (χ0v) is 9.37. The second kappa shape index (κ2) is 4.33. The van der Waals surface area contributed by atoms with Gasteiger partial charge in [0.05, 0.1) is 13.0 Å². The Hall–Kier alpha value is -0.860. The molecule has 1 saturated carbocycles. The molecule has 0 N–H and O–H groups in total. The Morgan fingerprint density at radius 1 is 1.33 bits per heavy atom. The van der Waals surface area contributed by atoms with Crippen molar-refractivity contribution in [2.75, 3.05) is 13.1 Å². The number of hydrogen-bond donors (Lipinski definition) is 0. The van der Waals surface area contributed by atoms with E-state index in [1.54, 1.807) is 4.90 Å². The van der Waals surface area contributed by atoms with E-state index < -0.39 is 0 Å². The van der Waals surface area contributed by atoms with Crippen molar-refractivity contribution >= 4 is 11.7 Å². The Morgan fingerprint density at radius 2 is 2.13 bits per heavy atom. The number of hydrogen-bond acceptors (Lipinski definition) is 2. The summed E-state index contributed by atoms with van der Waals surface area (Å²) in [4.78, 5) is 24.3. The van der Waals surface area contributed by atoms with E-state index in [1.807, 2.05) is 0 Å². The van der Waals surface area contributed by atoms with Gasteiger partial charge in [0, 0.05) is 6.54 Å². The molecule has 1 heterocycles. The number of carbonyl (C=O) groups is 2. The van der Waals surface area contributed by atoms with Gasteiger partial charge in [-0.05, 0) is 24.7 Å². The highest BCUT2D eigenvalue weighted by molar-refractivity contribution is 6.05. The smallest absolute Gasteiger partial charge is 0.230 e. The van der Waals surface area contributed by atoms with Crippen LogP contribution >= 0.6 is 0 Å². The first-order valence-electron chi connectivity index (χ1n) is 5.94. The zero-order chi connectivity index (χ0) is 10.8. The van der Waals surface area contributed by atoms with Gasteiger partial charge in [0.25, 0.3) is 0 Å². The van der Waals surface area contributed by atoms with Crippen molar-refractivity contribution in [3.63, 3.8) is 0 Å². The maximum absolute atomic E-state index is 11.4. The number of amides is 1. The molecule has 1 amide bonds. The van der Waals surface area contributed by atoms with Gasteiger partial charge < -0.3 is 4.90 Å². The molecule has 0 spiro atoms. The van der Waals surface area contributed by atoms with E-state index in [0.29, 0.717) is 12.5 Å². The van der Waals surface area contributed by atoms with E-state index in [4.69, 9.17) is 0 Å². The van der Waals surface area contributed by atoms with Crippen LogP contribution in [0.15, 0.2) is 0 Å². The third-order valence-electron chi connectivity index (χ3n) is 3.59. The van der Waals surface area contributed by atoms with Crippen molar-refractivity contribution in [1.82, 2.24) is 4.90 Å². The molecule has 3 nitrogen and oxygen atoms in total. The Balaban J connectivity index is 1.86. The lowest BCUT2D eigenvalue weighted by molar-refractivity contribution is -0.128. The molecule has 2 unspecified atom stereocenters. The predicted octanol–water partition coefficient (Wildman–Crippen LogP) is 1.61. The summed E-state index contributed by atoms with van der Waals surface area (Å²) < 4.78 is 0. The predicted molar refractivity (Wildman–Crippen MR) is 57.3 cm³/mol. The minimum Gasteiger partial charge on any atom is -0.335 e. The number of likely N-dealkylation sites (tertiary alicyclic amines) is 1. The molecule has 3 heteroatoms. The van der Waals surface area contributed by atoms with Gasteiger partial charge in [-0.3, -0.25) is 9.59 Å². The molecule has 0 aromatic heterocycles. The molecule has 0 radical (unpaired) electrons. The Labute approximate surface area is 90.8 Å². The molecule has 1 saturated heterocycles. The number of ketones is 1. The Bertz CT molecular complexity index is 275. The van der Waals surface area contributed by atoms with Crippen LogP contribution in [0.25, 0.3) is 0 Å². The average molecular weight is 209 g/mol. The van der Waals surface area contributed by atoms with Crippen LogP contribution in [-0.2, 0) is 9.59 Å². The first-order chi connectivity index (χ1) is 7.15. The van der Waals surface area contributed by atoms with E-state index in [-0.39, 0.29) is 18.1 Å². The van der Waals surface area contributed by atoms with Crippen molar-refractivity contribution in [3.05, 3.63) is 0 Å². The highest BCUT2D eigenvalue weighted by Crippen LogP contribution is 2.29. The molecular weight excluding hydrogens is 190 g/mol. The van der Waals surface area contributed by atoms with E-state index >= 15 is 0 Å². The fourth-order valence-electron chi connectivity index (χ4n) is 2.84. The molecule has 0 aromatic carbocycles. The maximum atomic E-state index is 11.4. The van der Waals surface area contributed by atoms with Gasteiger partial charge in [-0.15, -0.1) is 0 Å². The summed E-state index contributed by atoms with van der Waals surface area (Å²) in [6.07, 6.45) is 5.19. The topological polar surface area (TPSA) is 37.4 Å². The monoisotopic (exact) mass is 209 g/mol. The third kappa shape index (κ3) is 2.58. The third-order valence-corrected chi connectivity index (χ3v) is 3.59. The molecule has 2 atom stereocenters. The Morgan fingerprint density at radius 3 is 2.73 bits per heavy atom. The van der Waals surface area contributed by atoms with Crippen LogP contribution in [0, 0.1) is 11.8 Å². The van der Waals surface area contributed by atoms with Gasteiger partial charge in [-0.2, -0.15) is 0 Å². The average Bonchev–Trinajstić information content (AvgIpc) is 2.45. The zero-order valence-electron chi connectivity index (χ0n) is 9.37. The summed E-state index contributed by atoms with van der Waals surface area (Å²) in [6, 6.07) is 0. The van der Waals surface area contributed by atoms with Gasteiger partial charge in [0.1, 0.15) is 0 Å². The van der Waals surface area contributed by atoms with Crippen molar-refractivity contribution in [2.24, 2.45) is 11.8 Å². The molecule has 2 aliphatic rings. The molecular formula is C12H19NO2. The normalized spacial score (nSPS) is 32.5. The van der Waals surface area contributed by atoms with Gasteiger partial charge in [0.15, 0.2) is 5.78 Å². The lowest BCUT2D eigenvalue weighted by atomic mass is 9.82. The van der Waals surface area contributed by atoms with E-state index in [2.05, 4.69) is 6.92 Å². The fourth-order valence-corrected chi connectivity index (χ4v) is 2.84. The molecule has 15 heavy (non-hydrogen) atoms. The first kappa shape index (κ1) is 10.7. The quantitative estimate of drug-likeness (QED) is 0.648. The van der Waals surface area contributed by atoms with Crippen LogP contribution in [0.4, 0.5) is 0 Å². The van der Waals surface area contributed by atoms with Crippen LogP contribution in [-0.4, -0.2) is 29.7 Å². The number of Topliss-reactive ketones (excluding diaryl/α,β-unsaturated/α-hetero) is 1. The number of nitrogens with zero attached hydrogens (tertiary/aromatic N) is 1. The van der Waals surface area contributed by atoms with Crippen molar-refractivity contribution in [1.29, 1.82) is 0 Å². The summed E-state index contributed by atoms with van der Waals surface area (Å²) in [5.74, 6) is 1.54. The molecule has 2 fully saturated rings. The Kier molecular flexibility index (Phi) is 3.08. The van der Waals surface area contributed by atoms with Gasteiger partial charge in [-0.1, -0.05) is 19.8 Å². The number of carbonyl (C=O) groups excluding carboxylic acids is 2.